The maximum Gasteiger partial charge on any atom is 0.363 e. The molecule has 0 radical (unpaired) electrons. The van der Waals surface area contributed by atoms with Gasteiger partial charge in [-0.25, -0.2) is 9.79 Å². The minimum atomic E-state index is -0.554. The average Bonchev–Trinajstić information content (AvgIpc) is 3.30. The van der Waals surface area contributed by atoms with Gasteiger partial charge in [-0.15, -0.1) is 0 Å². The molecule has 0 saturated carbocycles. The van der Waals surface area contributed by atoms with E-state index in [1.807, 2.05) is 24.3 Å². The Balaban J connectivity index is 1.58. The zero-order valence-electron chi connectivity index (χ0n) is 14.2. The minimum absolute atomic E-state index is 0.00353. The number of rotatable bonds is 4. The zero-order chi connectivity index (χ0) is 19.7. The molecule has 4 rings (SSSR count). The fourth-order valence-electron chi connectivity index (χ4n) is 2.59. The third-order valence-electron chi connectivity index (χ3n) is 3.98. The first-order valence-electron chi connectivity index (χ1n) is 8.13. The normalized spacial score (nSPS) is 14.8. The summed E-state index contributed by atoms with van der Waals surface area (Å²) in [5.74, 6) is 0.638. The molecule has 28 heavy (non-hydrogen) atoms. The summed E-state index contributed by atoms with van der Waals surface area (Å²) >= 11 is 2.19. The van der Waals surface area contributed by atoms with Crippen LogP contribution >= 0.6 is 22.6 Å². The van der Waals surface area contributed by atoms with Gasteiger partial charge >= 0.3 is 5.97 Å². The molecule has 7 nitrogen and oxygen atoms in total. The number of hydrogen-bond donors (Lipinski definition) is 0. The van der Waals surface area contributed by atoms with Gasteiger partial charge < -0.3 is 9.15 Å². The van der Waals surface area contributed by atoms with Crippen molar-refractivity contribution in [3.8, 4) is 11.3 Å². The van der Waals surface area contributed by atoms with Gasteiger partial charge in [-0.1, -0.05) is 0 Å². The molecule has 1 aliphatic rings. The van der Waals surface area contributed by atoms with Crippen LogP contribution in [0.15, 0.2) is 75.8 Å². The molecule has 0 unspecified atom stereocenters. The molecule has 0 fully saturated rings. The smallest absolute Gasteiger partial charge is 0.363 e. The van der Waals surface area contributed by atoms with E-state index < -0.39 is 10.9 Å². The van der Waals surface area contributed by atoms with Gasteiger partial charge in [0.15, 0.2) is 5.70 Å². The van der Waals surface area contributed by atoms with Crippen LogP contribution in [0.1, 0.15) is 11.3 Å². The van der Waals surface area contributed by atoms with Crippen molar-refractivity contribution in [3.05, 3.63) is 91.4 Å². The number of nitro groups is 1. The Bertz CT molecular complexity index is 1130. The quantitative estimate of drug-likeness (QED) is 0.174. The summed E-state index contributed by atoms with van der Waals surface area (Å²) in [5.41, 5.74) is 1.54. The minimum Gasteiger partial charge on any atom is -0.457 e. The summed E-state index contributed by atoms with van der Waals surface area (Å²) in [7, 11) is 0. The SMILES string of the molecule is O=C1OC(c2ccc(I)cc2)=N/C1=C\c1ccc(-c2ccc([N+](=O)[O-])cc2)o1. The van der Waals surface area contributed by atoms with Gasteiger partial charge in [-0.2, -0.15) is 0 Å². The maximum absolute atomic E-state index is 12.1. The molecular formula is C20H11IN2O5. The molecule has 0 atom stereocenters. The Labute approximate surface area is 172 Å². The molecule has 0 amide bonds. The van der Waals surface area contributed by atoms with E-state index in [4.69, 9.17) is 9.15 Å². The van der Waals surface area contributed by atoms with Gasteiger partial charge in [-0.05, 0) is 71.1 Å². The molecule has 0 bridgehead atoms. The van der Waals surface area contributed by atoms with Crippen molar-refractivity contribution >= 4 is 46.2 Å². The Morgan fingerprint density at radius 1 is 0.964 bits per heavy atom. The van der Waals surface area contributed by atoms with E-state index in [1.54, 1.807) is 24.3 Å². The van der Waals surface area contributed by atoms with E-state index in [9.17, 15) is 14.9 Å². The van der Waals surface area contributed by atoms with Crippen molar-refractivity contribution in [2.24, 2.45) is 4.99 Å². The zero-order valence-corrected chi connectivity index (χ0v) is 16.3. The molecule has 2 heterocycles. The molecule has 3 aromatic rings. The van der Waals surface area contributed by atoms with Crippen molar-refractivity contribution in [1.82, 2.24) is 0 Å². The first-order chi connectivity index (χ1) is 13.5. The number of furan rings is 1. The third-order valence-corrected chi connectivity index (χ3v) is 4.70. The largest absolute Gasteiger partial charge is 0.457 e. The number of nitro benzene ring substituents is 1. The Morgan fingerprint density at radius 2 is 1.64 bits per heavy atom. The summed E-state index contributed by atoms with van der Waals surface area (Å²) in [6.45, 7) is 0. The second-order valence-electron chi connectivity index (χ2n) is 5.85. The van der Waals surface area contributed by atoms with Crippen LogP contribution in [0, 0.1) is 13.7 Å². The molecule has 8 heteroatoms. The van der Waals surface area contributed by atoms with E-state index in [-0.39, 0.29) is 17.3 Å². The van der Waals surface area contributed by atoms with E-state index in [0.717, 1.165) is 3.57 Å². The lowest BCUT2D eigenvalue weighted by Gasteiger charge is -1.98. The number of carbonyl (C=O) groups excluding carboxylic acids is 1. The van der Waals surface area contributed by atoms with Gasteiger partial charge in [0, 0.05) is 32.9 Å². The van der Waals surface area contributed by atoms with Crippen LogP contribution in [0.25, 0.3) is 17.4 Å². The maximum atomic E-state index is 12.1. The van der Waals surface area contributed by atoms with Crippen LogP contribution in [0.5, 0.6) is 0 Å². The number of cyclic esters (lactones) is 1. The number of aliphatic imine (C=N–C) groups is 1. The fourth-order valence-corrected chi connectivity index (χ4v) is 2.95. The van der Waals surface area contributed by atoms with Crippen molar-refractivity contribution in [3.63, 3.8) is 0 Å². The van der Waals surface area contributed by atoms with Gasteiger partial charge in [0.05, 0.1) is 4.92 Å². The highest BCUT2D eigenvalue weighted by atomic mass is 127. The third kappa shape index (κ3) is 3.72. The second-order valence-corrected chi connectivity index (χ2v) is 7.09. The molecule has 0 aliphatic carbocycles. The topological polar surface area (TPSA) is 94.9 Å². The summed E-state index contributed by atoms with van der Waals surface area (Å²) < 4.78 is 12.0. The molecule has 2 aromatic carbocycles. The van der Waals surface area contributed by atoms with Crippen molar-refractivity contribution in [2.75, 3.05) is 0 Å². The molecular weight excluding hydrogens is 475 g/mol. The van der Waals surface area contributed by atoms with Crippen LogP contribution in [0.4, 0.5) is 5.69 Å². The Hall–Kier alpha value is -3.27. The number of carbonyl (C=O) groups is 1. The Kier molecular flexibility index (Phi) is 4.78. The Morgan fingerprint density at radius 3 is 2.32 bits per heavy atom. The number of esters is 1. The molecule has 1 aromatic heterocycles. The highest BCUT2D eigenvalue weighted by Gasteiger charge is 2.24. The van der Waals surface area contributed by atoms with E-state index >= 15 is 0 Å². The van der Waals surface area contributed by atoms with E-state index in [0.29, 0.717) is 22.6 Å². The van der Waals surface area contributed by atoms with Gasteiger partial charge in [-0.3, -0.25) is 10.1 Å². The first-order valence-corrected chi connectivity index (χ1v) is 9.21. The molecule has 138 valence electrons. The van der Waals surface area contributed by atoms with Gasteiger partial charge in [0.2, 0.25) is 5.90 Å². The molecule has 0 saturated heterocycles. The molecule has 0 N–H and O–H groups in total. The van der Waals surface area contributed by atoms with Gasteiger partial charge in [0.1, 0.15) is 11.5 Å². The standard InChI is InChI=1S/C20H11IN2O5/c21-14-5-1-13(2-6-14)19-22-17(20(24)28-19)11-16-9-10-18(27-16)12-3-7-15(8-4-12)23(25)26/h1-11H/b17-11-. The first kappa shape index (κ1) is 18.1. The number of halogens is 1. The van der Waals surface area contributed by atoms with Crippen molar-refractivity contribution in [1.29, 1.82) is 0 Å². The predicted molar refractivity (Wildman–Crippen MR) is 111 cm³/mol. The second kappa shape index (κ2) is 7.39. The summed E-state index contributed by atoms with van der Waals surface area (Å²) in [6, 6.07) is 16.9. The summed E-state index contributed by atoms with van der Waals surface area (Å²) in [5, 5.41) is 10.7. The van der Waals surface area contributed by atoms with Crippen molar-refractivity contribution < 1.29 is 18.9 Å². The summed E-state index contributed by atoms with van der Waals surface area (Å²) in [4.78, 5) is 26.6. The lowest BCUT2D eigenvalue weighted by Crippen LogP contribution is -2.05. The monoisotopic (exact) mass is 486 g/mol. The summed E-state index contributed by atoms with van der Waals surface area (Å²) in [6.07, 6.45) is 1.50. The van der Waals surface area contributed by atoms with Crippen LogP contribution in [0.3, 0.4) is 0 Å². The number of non-ortho nitro benzene ring substituents is 1. The van der Waals surface area contributed by atoms with Crippen LogP contribution in [-0.2, 0) is 9.53 Å². The highest BCUT2D eigenvalue weighted by molar-refractivity contribution is 14.1. The van der Waals surface area contributed by atoms with Crippen LogP contribution in [-0.4, -0.2) is 16.8 Å². The van der Waals surface area contributed by atoms with E-state index in [2.05, 4.69) is 27.6 Å². The van der Waals surface area contributed by atoms with Gasteiger partial charge in [0.25, 0.3) is 5.69 Å². The predicted octanol–water partition coefficient (Wildman–Crippen LogP) is 4.80. The lowest BCUT2D eigenvalue weighted by molar-refractivity contribution is -0.384. The molecule has 0 spiro atoms. The lowest BCUT2D eigenvalue weighted by atomic mass is 10.1. The number of nitrogens with zero attached hydrogens (tertiary/aromatic N) is 2. The van der Waals surface area contributed by atoms with Crippen LogP contribution < -0.4 is 0 Å². The fraction of sp³-hybridized carbons (Fsp3) is 0. The molecule has 1 aliphatic heterocycles. The highest BCUT2D eigenvalue weighted by Crippen LogP contribution is 2.26. The van der Waals surface area contributed by atoms with Crippen LogP contribution in [0.2, 0.25) is 0 Å². The average molecular weight is 486 g/mol. The number of ether oxygens (including phenoxy) is 1. The van der Waals surface area contributed by atoms with Crippen molar-refractivity contribution in [2.45, 2.75) is 0 Å². The van der Waals surface area contributed by atoms with E-state index in [1.165, 1.54) is 18.2 Å². The number of benzene rings is 2. The number of hydrogen-bond acceptors (Lipinski definition) is 6.